The molecule has 0 spiro atoms. The summed E-state index contributed by atoms with van der Waals surface area (Å²) in [5, 5.41) is 2.88. The number of furan rings is 1. The van der Waals surface area contributed by atoms with Gasteiger partial charge in [0.05, 0.1) is 12.0 Å². The molecule has 1 aliphatic rings. The third-order valence-electron chi connectivity index (χ3n) is 3.60. The van der Waals surface area contributed by atoms with Gasteiger partial charge in [0.15, 0.2) is 6.61 Å². The highest BCUT2D eigenvalue weighted by Gasteiger charge is 2.27. The third kappa shape index (κ3) is 3.53. The maximum absolute atomic E-state index is 12.2. The van der Waals surface area contributed by atoms with Gasteiger partial charge in [0.2, 0.25) is 5.91 Å². The number of ether oxygens (including phenoxy) is 1. The van der Waals surface area contributed by atoms with Crippen LogP contribution in [0.5, 0.6) is 5.75 Å². The number of fused-ring (bicyclic) bond motifs is 1. The average Bonchev–Trinajstić information content (AvgIpc) is 3.03. The molecule has 1 aromatic heterocycles. The molecule has 0 radical (unpaired) electrons. The van der Waals surface area contributed by atoms with Crippen LogP contribution < -0.4 is 15.0 Å². The smallest absolute Gasteiger partial charge is 0.265 e. The van der Waals surface area contributed by atoms with E-state index in [1.165, 1.54) is 4.90 Å². The van der Waals surface area contributed by atoms with E-state index in [4.69, 9.17) is 9.15 Å². The van der Waals surface area contributed by atoms with Gasteiger partial charge in [-0.2, -0.15) is 0 Å². The first kappa shape index (κ1) is 15.1. The van der Waals surface area contributed by atoms with Crippen molar-refractivity contribution >= 4 is 17.5 Å². The number of carbonyl (C=O) groups is 2. The van der Waals surface area contributed by atoms with E-state index in [1.54, 1.807) is 18.4 Å². The van der Waals surface area contributed by atoms with Crippen LogP contribution in [0.25, 0.3) is 0 Å². The lowest BCUT2D eigenvalue weighted by Crippen LogP contribution is -2.47. The van der Waals surface area contributed by atoms with Crippen molar-refractivity contribution in [2.24, 2.45) is 0 Å². The molecule has 23 heavy (non-hydrogen) atoms. The minimum absolute atomic E-state index is 0.0261. The molecule has 0 aliphatic carbocycles. The lowest BCUT2D eigenvalue weighted by Gasteiger charge is -2.29. The standard InChI is InChI=1S/C17H18N2O4/c1-12(9-13-5-4-8-22-13)18-16(20)10-19-14-6-2-3-7-15(14)23-11-17(19)21/h2-8,12H,9-11H2,1H3,(H,18,20)/t12-/m0/s1. The molecule has 2 aromatic rings. The molecule has 1 atom stereocenters. The number of rotatable bonds is 5. The summed E-state index contributed by atoms with van der Waals surface area (Å²) in [5.41, 5.74) is 0.623. The Morgan fingerprint density at radius 2 is 2.13 bits per heavy atom. The molecular formula is C17H18N2O4. The van der Waals surface area contributed by atoms with Gasteiger partial charge in [-0.15, -0.1) is 0 Å². The fraction of sp³-hybridized carbons (Fsp3) is 0.294. The predicted molar refractivity (Wildman–Crippen MR) is 84.3 cm³/mol. The van der Waals surface area contributed by atoms with Crippen molar-refractivity contribution in [2.45, 2.75) is 19.4 Å². The van der Waals surface area contributed by atoms with Crippen LogP contribution in [0, 0.1) is 0 Å². The van der Waals surface area contributed by atoms with Crippen molar-refractivity contribution < 1.29 is 18.7 Å². The van der Waals surface area contributed by atoms with Crippen LogP contribution in [-0.2, 0) is 16.0 Å². The highest BCUT2D eigenvalue weighted by molar-refractivity contribution is 6.02. The quantitative estimate of drug-likeness (QED) is 0.912. The Balaban J connectivity index is 1.62. The Hall–Kier alpha value is -2.76. The highest BCUT2D eigenvalue weighted by atomic mass is 16.5. The summed E-state index contributed by atoms with van der Waals surface area (Å²) in [6.45, 7) is 1.82. The summed E-state index contributed by atoms with van der Waals surface area (Å²) in [7, 11) is 0. The number of nitrogens with zero attached hydrogens (tertiary/aromatic N) is 1. The van der Waals surface area contributed by atoms with Gasteiger partial charge in [0.25, 0.3) is 5.91 Å². The van der Waals surface area contributed by atoms with Crippen molar-refractivity contribution in [1.29, 1.82) is 0 Å². The van der Waals surface area contributed by atoms with Gasteiger partial charge in [-0.1, -0.05) is 12.1 Å². The van der Waals surface area contributed by atoms with Crippen LogP contribution >= 0.6 is 0 Å². The van der Waals surface area contributed by atoms with Crippen LogP contribution in [0.15, 0.2) is 47.1 Å². The van der Waals surface area contributed by atoms with Crippen molar-refractivity contribution in [2.75, 3.05) is 18.1 Å². The fourth-order valence-electron chi connectivity index (χ4n) is 2.57. The number of nitrogens with one attached hydrogen (secondary N) is 1. The second-order valence-corrected chi connectivity index (χ2v) is 5.49. The molecule has 0 unspecified atom stereocenters. The van der Waals surface area contributed by atoms with Crippen molar-refractivity contribution in [3.8, 4) is 5.75 Å². The maximum atomic E-state index is 12.2. The van der Waals surface area contributed by atoms with Crippen molar-refractivity contribution in [3.05, 3.63) is 48.4 Å². The zero-order chi connectivity index (χ0) is 16.2. The molecule has 0 saturated heterocycles. The number of carbonyl (C=O) groups excluding carboxylic acids is 2. The molecule has 1 N–H and O–H groups in total. The van der Waals surface area contributed by atoms with Gasteiger partial charge in [0, 0.05) is 12.5 Å². The second-order valence-electron chi connectivity index (χ2n) is 5.49. The van der Waals surface area contributed by atoms with E-state index in [9.17, 15) is 9.59 Å². The summed E-state index contributed by atoms with van der Waals surface area (Å²) in [6, 6.07) is 10.8. The topological polar surface area (TPSA) is 71.8 Å². The van der Waals surface area contributed by atoms with E-state index >= 15 is 0 Å². The van der Waals surface area contributed by atoms with Crippen molar-refractivity contribution in [3.63, 3.8) is 0 Å². The van der Waals surface area contributed by atoms with Gasteiger partial charge < -0.3 is 14.5 Å². The minimum Gasteiger partial charge on any atom is -0.482 e. The van der Waals surface area contributed by atoms with Gasteiger partial charge >= 0.3 is 0 Å². The number of anilines is 1. The Labute approximate surface area is 134 Å². The van der Waals surface area contributed by atoms with E-state index in [-0.39, 0.29) is 31.0 Å². The first-order chi connectivity index (χ1) is 11.1. The molecule has 3 rings (SSSR count). The van der Waals surface area contributed by atoms with Crippen LogP contribution in [0.3, 0.4) is 0 Å². The molecule has 1 aliphatic heterocycles. The summed E-state index contributed by atoms with van der Waals surface area (Å²) in [4.78, 5) is 25.7. The van der Waals surface area contributed by atoms with Gasteiger partial charge in [-0.3, -0.25) is 14.5 Å². The average molecular weight is 314 g/mol. The second kappa shape index (κ2) is 6.56. The molecule has 0 fully saturated rings. The van der Waals surface area contributed by atoms with E-state index in [0.717, 1.165) is 5.76 Å². The molecular weight excluding hydrogens is 296 g/mol. The molecule has 6 nitrogen and oxygen atoms in total. The lowest BCUT2D eigenvalue weighted by molar-refractivity contribution is -0.125. The number of hydrogen-bond donors (Lipinski definition) is 1. The molecule has 120 valence electrons. The number of para-hydroxylation sites is 2. The summed E-state index contributed by atoms with van der Waals surface area (Å²) in [5.74, 6) is 0.987. The Bertz CT molecular complexity index is 696. The third-order valence-corrected chi connectivity index (χ3v) is 3.60. The summed E-state index contributed by atoms with van der Waals surface area (Å²) < 4.78 is 10.6. The Kier molecular flexibility index (Phi) is 4.32. The largest absolute Gasteiger partial charge is 0.482 e. The molecule has 2 heterocycles. The van der Waals surface area contributed by atoms with Crippen molar-refractivity contribution in [1.82, 2.24) is 5.32 Å². The first-order valence-electron chi connectivity index (χ1n) is 7.47. The molecule has 0 bridgehead atoms. The van der Waals surface area contributed by atoms with Crippen LogP contribution in [0.2, 0.25) is 0 Å². The molecule has 1 aromatic carbocycles. The van der Waals surface area contributed by atoms with Crippen LogP contribution in [0.4, 0.5) is 5.69 Å². The van der Waals surface area contributed by atoms with Crippen LogP contribution in [-0.4, -0.2) is 31.0 Å². The normalized spacial score (nSPS) is 14.8. The van der Waals surface area contributed by atoms with Crippen LogP contribution in [0.1, 0.15) is 12.7 Å². The Morgan fingerprint density at radius 3 is 2.91 bits per heavy atom. The molecule has 2 amide bonds. The molecule has 6 heteroatoms. The number of amides is 2. The first-order valence-corrected chi connectivity index (χ1v) is 7.47. The van der Waals surface area contributed by atoms with E-state index in [1.807, 2.05) is 31.2 Å². The van der Waals surface area contributed by atoms with E-state index < -0.39 is 0 Å². The van der Waals surface area contributed by atoms with E-state index in [0.29, 0.717) is 17.9 Å². The summed E-state index contributed by atoms with van der Waals surface area (Å²) >= 11 is 0. The summed E-state index contributed by atoms with van der Waals surface area (Å²) in [6.07, 6.45) is 2.21. The van der Waals surface area contributed by atoms with Gasteiger partial charge in [-0.05, 0) is 31.2 Å². The van der Waals surface area contributed by atoms with E-state index in [2.05, 4.69) is 5.32 Å². The number of hydrogen-bond acceptors (Lipinski definition) is 4. The zero-order valence-electron chi connectivity index (χ0n) is 12.8. The predicted octanol–water partition coefficient (Wildman–Crippen LogP) is 1.75. The minimum atomic E-state index is -0.225. The van der Waals surface area contributed by atoms with Gasteiger partial charge in [-0.25, -0.2) is 0 Å². The fourth-order valence-corrected chi connectivity index (χ4v) is 2.57. The highest BCUT2D eigenvalue weighted by Crippen LogP contribution is 2.31. The van der Waals surface area contributed by atoms with Gasteiger partial charge in [0.1, 0.15) is 18.1 Å². The maximum Gasteiger partial charge on any atom is 0.265 e. The number of benzene rings is 1. The molecule has 0 saturated carbocycles. The SMILES string of the molecule is C[C@@H](Cc1ccco1)NC(=O)CN1C(=O)COc2ccccc21. The monoisotopic (exact) mass is 314 g/mol. The zero-order valence-corrected chi connectivity index (χ0v) is 12.8. The Morgan fingerprint density at radius 1 is 1.30 bits per heavy atom. The lowest BCUT2D eigenvalue weighted by atomic mass is 10.2.